The Hall–Kier alpha value is -2.61. The minimum absolute atomic E-state index is 0.202. The summed E-state index contributed by atoms with van der Waals surface area (Å²) in [5.41, 5.74) is 6.36. The minimum atomic E-state index is -0.517. The third-order valence-electron chi connectivity index (χ3n) is 4.20. The maximum Gasteiger partial charge on any atom is 0.328 e. The Balaban J connectivity index is 2.02. The number of ether oxygens (including phenoxy) is 1. The molecular weight excluding hydrogens is 336 g/mol. The van der Waals surface area contributed by atoms with Crippen molar-refractivity contribution in [3.05, 3.63) is 23.8 Å². The Kier molecular flexibility index (Phi) is 7.40. The highest BCUT2D eigenvalue weighted by atomic mass is 16.5. The van der Waals surface area contributed by atoms with E-state index in [0.717, 1.165) is 25.7 Å². The first-order valence-electron chi connectivity index (χ1n) is 8.84. The van der Waals surface area contributed by atoms with E-state index < -0.39 is 6.03 Å². The molecule has 26 heavy (non-hydrogen) atoms. The summed E-state index contributed by atoms with van der Waals surface area (Å²) in [7, 11) is 1.49. The van der Waals surface area contributed by atoms with Crippen LogP contribution in [0.5, 0.6) is 5.75 Å². The van der Waals surface area contributed by atoms with E-state index in [2.05, 4.69) is 10.6 Å². The molecule has 8 heteroatoms. The molecule has 1 aromatic carbocycles. The molecule has 142 valence electrons. The predicted octanol–water partition coefficient (Wildman–Crippen LogP) is 1.39. The molecule has 1 saturated heterocycles. The molecule has 2 rings (SSSR count). The van der Waals surface area contributed by atoms with Gasteiger partial charge >= 0.3 is 6.03 Å². The lowest BCUT2D eigenvalue weighted by Gasteiger charge is -2.28. The third kappa shape index (κ3) is 5.19. The quantitative estimate of drug-likeness (QED) is 0.575. The summed E-state index contributed by atoms with van der Waals surface area (Å²) in [6.45, 7) is 1.52. The van der Waals surface area contributed by atoms with Gasteiger partial charge in [0, 0.05) is 25.1 Å². The maximum atomic E-state index is 12.4. The van der Waals surface area contributed by atoms with E-state index in [9.17, 15) is 14.4 Å². The molecule has 0 radical (unpaired) electrons. The number of methoxy groups -OCH3 is 1. The molecule has 1 aliphatic heterocycles. The summed E-state index contributed by atoms with van der Waals surface area (Å²) in [6.07, 6.45) is 4.17. The second-order valence-electron chi connectivity index (χ2n) is 6.10. The number of carbonyl (C=O) groups is 3. The van der Waals surface area contributed by atoms with Crippen LogP contribution >= 0.6 is 0 Å². The number of imide groups is 1. The summed E-state index contributed by atoms with van der Waals surface area (Å²) in [5.74, 6) is -0.0530. The van der Waals surface area contributed by atoms with Gasteiger partial charge in [-0.3, -0.25) is 19.8 Å². The largest absolute Gasteiger partial charge is 0.495 e. The van der Waals surface area contributed by atoms with Crippen molar-refractivity contribution >= 4 is 23.5 Å². The van der Waals surface area contributed by atoms with Gasteiger partial charge in [-0.15, -0.1) is 0 Å². The molecule has 1 aromatic rings. The van der Waals surface area contributed by atoms with E-state index >= 15 is 0 Å². The predicted molar refractivity (Wildman–Crippen MR) is 98.4 cm³/mol. The van der Waals surface area contributed by atoms with Crippen molar-refractivity contribution in [3.63, 3.8) is 0 Å². The SMILES string of the molecule is COc1ccc(C(=O)NCCCCCCN)cc1N1CCC(=O)NC1=O. The van der Waals surface area contributed by atoms with Crippen LogP contribution in [0.4, 0.5) is 10.5 Å². The number of benzene rings is 1. The van der Waals surface area contributed by atoms with Gasteiger partial charge in [0.15, 0.2) is 0 Å². The second kappa shape index (κ2) is 9.76. The Morgan fingerprint density at radius 2 is 2.04 bits per heavy atom. The van der Waals surface area contributed by atoms with Crippen LogP contribution in [-0.2, 0) is 4.79 Å². The second-order valence-corrected chi connectivity index (χ2v) is 6.10. The molecule has 4 amide bonds. The lowest BCUT2D eigenvalue weighted by atomic mass is 10.1. The van der Waals surface area contributed by atoms with Crippen LogP contribution in [-0.4, -0.2) is 44.6 Å². The van der Waals surface area contributed by atoms with Gasteiger partial charge in [0.1, 0.15) is 5.75 Å². The Bertz CT molecular complexity index is 663. The van der Waals surface area contributed by atoms with Crippen molar-refractivity contribution in [1.82, 2.24) is 10.6 Å². The smallest absolute Gasteiger partial charge is 0.328 e. The van der Waals surface area contributed by atoms with E-state index in [1.165, 1.54) is 12.0 Å². The first kappa shape index (κ1) is 19.7. The number of hydrogen-bond donors (Lipinski definition) is 3. The molecule has 0 spiro atoms. The van der Waals surface area contributed by atoms with E-state index in [1.54, 1.807) is 18.2 Å². The average molecular weight is 362 g/mol. The van der Waals surface area contributed by atoms with Crippen LogP contribution < -0.4 is 26.0 Å². The van der Waals surface area contributed by atoms with Gasteiger partial charge in [0.25, 0.3) is 5.91 Å². The van der Waals surface area contributed by atoms with E-state index in [0.29, 0.717) is 30.1 Å². The highest BCUT2D eigenvalue weighted by molar-refractivity contribution is 6.07. The number of anilines is 1. The van der Waals surface area contributed by atoms with Crippen LogP contribution in [0.15, 0.2) is 18.2 Å². The number of rotatable bonds is 9. The van der Waals surface area contributed by atoms with Gasteiger partial charge in [-0.05, 0) is 37.6 Å². The van der Waals surface area contributed by atoms with Crippen molar-refractivity contribution in [2.24, 2.45) is 5.73 Å². The van der Waals surface area contributed by atoms with Crippen molar-refractivity contribution in [2.75, 3.05) is 31.6 Å². The monoisotopic (exact) mass is 362 g/mol. The number of hydrogen-bond acceptors (Lipinski definition) is 5. The van der Waals surface area contributed by atoms with Crippen molar-refractivity contribution in [1.29, 1.82) is 0 Å². The van der Waals surface area contributed by atoms with Gasteiger partial charge < -0.3 is 15.8 Å². The molecule has 0 atom stereocenters. The first-order chi connectivity index (χ1) is 12.6. The summed E-state index contributed by atoms with van der Waals surface area (Å²) >= 11 is 0. The summed E-state index contributed by atoms with van der Waals surface area (Å²) in [5, 5.41) is 5.15. The van der Waals surface area contributed by atoms with Crippen LogP contribution in [0.2, 0.25) is 0 Å². The maximum absolute atomic E-state index is 12.4. The van der Waals surface area contributed by atoms with E-state index in [4.69, 9.17) is 10.5 Å². The zero-order chi connectivity index (χ0) is 18.9. The van der Waals surface area contributed by atoms with E-state index in [1.807, 2.05) is 0 Å². The Morgan fingerprint density at radius 1 is 1.27 bits per heavy atom. The molecule has 0 unspecified atom stereocenters. The minimum Gasteiger partial charge on any atom is -0.495 e. The summed E-state index contributed by atoms with van der Waals surface area (Å²) in [6, 6.07) is 4.39. The number of nitrogens with zero attached hydrogens (tertiary/aromatic N) is 1. The van der Waals surface area contributed by atoms with Crippen molar-refractivity contribution in [3.8, 4) is 5.75 Å². The number of nitrogens with two attached hydrogens (primary N) is 1. The molecule has 1 heterocycles. The number of unbranched alkanes of at least 4 members (excludes halogenated alkanes) is 3. The normalized spacial score (nSPS) is 14.2. The summed E-state index contributed by atoms with van der Waals surface area (Å²) < 4.78 is 5.30. The Labute approximate surface area is 153 Å². The number of carbonyl (C=O) groups excluding carboxylic acids is 3. The highest BCUT2D eigenvalue weighted by Gasteiger charge is 2.27. The lowest BCUT2D eigenvalue weighted by Crippen LogP contribution is -2.49. The molecular formula is C18H26N4O4. The fraction of sp³-hybridized carbons (Fsp3) is 0.500. The molecule has 0 saturated carbocycles. The molecule has 1 aliphatic rings. The first-order valence-corrected chi connectivity index (χ1v) is 8.84. The van der Waals surface area contributed by atoms with Crippen LogP contribution in [0.25, 0.3) is 0 Å². The van der Waals surface area contributed by atoms with Gasteiger partial charge in [-0.25, -0.2) is 4.79 Å². The topological polar surface area (TPSA) is 114 Å². The van der Waals surface area contributed by atoms with Crippen LogP contribution in [0, 0.1) is 0 Å². The highest BCUT2D eigenvalue weighted by Crippen LogP contribution is 2.30. The van der Waals surface area contributed by atoms with Crippen molar-refractivity contribution < 1.29 is 19.1 Å². The molecule has 0 aromatic heterocycles. The van der Waals surface area contributed by atoms with Gasteiger partial charge in [-0.2, -0.15) is 0 Å². The van der Waals surface area contributed by atoms with Gasteiger partial charge in [0.05, 0.1) is 12.8 Å². The fourth-order valence-corrected chi connectivity index (χ4v) is 2.76. The standard InChI is InChI=1S/C18H26N4O4/c1-26-15-7-6-13(17(24)20-10-5-3-2-4-9-19)12-14(15)22-11-8-16(23)21-18(22)25/h6-7,12H,2-5,8-11,19H2,1H3,(H,20,24)(H,21,23,25). The van der Waals surface area contributed by atoms with Gasteiger partial charge in [-0.1, -0.05) is 12.8 Å². The zero-order valence-corrected chi connectivity index (χ0v) is 15.0. The van der Waals surface area contributed by atoms with Crippen LogP contribution in [0.3, 0.4) is 0 Å². The molecule has 0 aliphatic carbocycles. The molecule has 0 bridgehead atoms. The third-order valence-corrected chi connectivity index (χ3v) is 4.20. The number of urea groups is 1. The van der Waals surface area contributed by atoms with Gasteiger partial charge in [0.2, 0.25) is 5.91 Å². The Morgan fingerprint density at radius 3 is 2.73 bits per heavy atom. The number of amides is 4. The fourth-order valence-electron chi connectivity index (χ4n) is 2.76. The zero-order valence-electron chi connectivity index (χ0n) is 15.0. The van der Waals surface area contributed by atoms with E-state index in [-0.39, 0.29) is 24.8 Å². The summed E-state index contributed by atoms with van der Waals surface area (Å²) in [4.78, 5) is 37.2. The molecule has 4 N–H and O–H groups in total. The number of nitrogens with one attached hydrogen (secondary N) is 2. The average Bonchev–Trinajstić information content (AvgIpc) is 2.64. The van der Waals surface area contributed by atoms with Crippen LogP contribution in [0.1, 0.15) is 42.5 Å². The van der Waals surface area contributed by atoms with Crippen molar-refractivity contribution in [2.45, 2.75) is 32.1 Å². The molecule has 8 nitrogen and oxygen atoms in total. The lowest BCUT2D eigenvalue weighted by molar-refractivity contribution is -0.120. The molecule has 1 fully saturated rings.